The molecule has 8 aromatic carbocycles. The van der Waals surface area contributed by atoms with Crippen LogP contribution in [0.2, 0.25) is 0 Å². The van der Waals surface area contributed by atoms with E-state index in [0.717, 1.165) is 94.2 Å². The summed E-state index contributed by atoms with van der Waals surface area (Å²) in [7, 11) is 0. The minimum absolute atomic E-state index is 0.700. The van der Waals surface area contributed by atoms with Crippen molar-refractivity contribution in [3.63, 3.8) is 0 Å². The number of nitrogens with zero attached hydrogens (tertiary/aromatic N) is 4. The van der Waals surface area contributed by atoms with Gasteiger partial charge >= 0.3 is 0 Å². The number of furan rings is 1. The van der Waals surface area contributed by atoms with Gasteiger partial charge in [-0.25, -0.2) is 9.97 Å². The molecule has 0 aliphatic carbocycles. The first-order chi connectivity index (χ1) is 28.3. The van der Waals surface area contributed by atoms with Crippen molar-refractivity contribution in [1.29, 1.82) is 0 Å². The summed E-state index contributed by atoms with van der Waals surface area (Å²) in [5, 5.41) is 6.88. The molecule has 4 aromatic heterocycles. The van der Waals surface area contributed by atoms with E-state index < -0.39 is 0 Å². The Kier molecular flexibility index (Phi) is 6.86. The van der Waals surface area contributed by atoms with Crippen LogP contribution < -0.4 is 0 Å². The van der Waals surface area contributed by atoms with Gasteiger partial charge in [0.05, 0.1) is 44.2 Å². The van der Waals surface area contributed by atoms with Gasteiger partial charge < -0.3 is 13.6 Å². The van der Waals surface area contributed by atoms with E-state index in [1.807, 2.05) is 36.4 Å². The van der Waals surface area contributed by atoms with Gasteiger partial charge in [0.2, 0.25) is 0 Å². The van der Waals surface area contributed by atoms with Crippen molar-refractivity contribution in [3.05, 3.63) is 194 Å². The lowest BCUT2D eigenvalue weighted by atomic mass is 10.0. The maximum Gasteiger partial charge on any atom is 0.160 e. The summed E-state index contributed by atoms with van der Waals surface area (Å²) >= 11 is 0. The van der Waals surface area contributed by atoms with Gasteiger partial charge in [0.25, 0.3) is 0 Å². The van der Waals surface area contributed by atoms with Gasteiger partial charge in [-0.15, -0.1) is 0 Å². The Bertz CT molecular complexity index is 3430. The predicted molar refractivity (Wildman–Crippen MR) is 234 cm³/mol. The van der Waals surface area contributed by atoms with Gasteiger partial charge in [0.1, 0.15) is 11.2 Å². The molecule has 0 N–H and O–H groups in total. The van der Waals surface area contributed by atoms with Crippen molar-refractivity contribution >= 4 is 65.6 Å². The summed E-state index contributed by atoms with van der Waals surface area (Å²) in [5.41, 5.74) is 13.3. The van der Waals surface area contributed by atoms with Crippen molar-refractivity contribution in [2.45, 2.75) is 0 Å². The maximum atomic E-state index is 6.95. The Labute approximate surface area is 327 Å². The fourth-order valence-electron chi connectivity index (χ4n) is 8.84. The Hall–Kier alpha value is -7.76. The molecule has 4 heterocycles. The summed E-state index contributed by atoms with van der Waals surface area (Å²) in [6.07, 6.45) is 0. The largest absolute Gasteiger partial charge is 0.455 e. The Morgan fingerprint density at radius 2 is 0.825 bits per heavy atom. The van der Waals surface area contributed by atoms with Crippen molar-refractivity contribution in [3.8, 4) is 45.3 Å². The third-order valence-electron chi connectivity index (χ3n) is 11.3. The molecular weight excluding hydrogens is 697 g/mol. The molecule has 0 spiro atoms. The molecule has 0 fully saturated rings. The third kappa shape index (κ3) is 4.76. The number of rotatable bonds is 5. The highest BCUT2D eigenvalue weighted by Crippen LogP contribution is 2.49. The number of hydrogen-bond acceptors (Lipinski definition) is 3. The first-order valence-electron chi connectivity index (χ1n) is 19.3. The summed E-state index contributed by atoms with van der Waals surface area (Å²) in [4.78, 5) is 10.1. The van der Waals surface area contributed by atoms with Gasteiger partial charge in [-0.1, -0.05) is 146 Å². The molecule has 0 radical (unpaired) electrons. The van der Waals surface area contributed by atoms with Crippen molar-refractivity contribution in [2.75, 3.05) is 0 Å². The first kappa shape index (κ1) is 31.6. The summed E-state index contributed by atoms with van der Waals surface area (Å²) in [5.74, 6) is 0.700. The molecule has 0 amide bonds. The van der Waals surface area contributed by atoms with Crippen molar-refractivity contribution < 1.29 is 4.42 Å². The molecule has 0 aliphatic rings. The molecule has 12 rings (SSSR count). The van der Waals surface area contributed by atoms with Crippen LogP contribution in [-0.2, 0) is 0 Å². The minimum atomic E-state index is 0.700. The van der Waals surface area contributed by atoms with Crippen LogP contribution in [0.4, 0.5) is 0 Å². The van der Waals surface area contributed by atoms with Crippen molar-refractivity contribution in [1.82, 2.24) is 19.1 Å². The van der Waals surface area contributed by atoms with Crippen LogP contribution in [0.5, 0.6) is 0 Å². The van der Waals surface area contributed by atoms with E-state index in [4.69, 9.17) is 14.4 Å². The topological polar surface area (TPSA) is 48.8 Å². The van der Waals surface area contributed by atoms with Gasteiger partial charge in [-0.05, 0) is 48.5 Å². The molecule has 0 aliphatic heterocycles. The van der Waals surface area contributed by atoms with E-state index in [1.54, 1.807) is 0 Å². The highest BCUT2D eigenvalue weighted by molar-refractivity contribution is 6.39. The maximum absolute atomic E-state index is 6.95. The molecule has 12 aromatic rings. The lowest BCUT2D eigenvalue weighted by molar-refractivity contribution is 0.673. The lowest BCUT2D eigenvalue weighted by Crippen LogP contribution is -1.97. The van der Waals surface area contributed by atoms with E-state index >= 15 is 0 Å². The van der Waals surface area contributed by atoms with Gasteiger partial charge in [0, 0.05) is 49.6 Å². The standard InChI is InChI=1S/C52H32N4O/c1-4-16-33(17-5-1)41-32-42(54-52(53-41)35-18-6-2-7-19-35)34-28-30-37(31-29-34)56-43-25-13-10-22-38(43)46-49-47(51-48(50(46)56)40-24-12-15-27-45(40)57-51)39-23-11-14-26-44(39)55(49)36-20-8-3-9-21-36/h1-32H. The van der Waals surface area contributed by atoms with Gasteiger partial charge in [0.15, 0.2) is 5.82 Å². The number of fused-ring (bicyclic) bond motifs is 12. The van der Waals surface area contributed by atoms with Crippen LogP contribution in [0.25, 0.3) is 111 Å². The zero-order valence-electron chi connectivity index (χ0n) is 30.7. The molecule has 0 unspecified atom stereocenters. The zero-order chi connectivity index (χ0) is 37.5. The Morgan fingerprint density at radius 1 is 0.368 bits per heavy atom. The first-order valence-corrected chi connectivity index (χ1v) is 19.3. The minimum Gasteiger partial charge on any atom is -0.455 e. The van der Waals surface area contributed by atoms with Crippen LogP contribution in [0, 0.1) is 0 Å². The van der Waals surface area contributed by atoms with Gasteiger partial charge in [-0.2, -0.15) is 0 Å². The fraction of sp³-hybridized carbons (Fsp3) is 0. The van der Waals surface area contributed by atoms with Crippen LogP contribution in [-0.4, -0.2) is 19.1 Å². The molecule has 0 atom stereocenters. The molecule has 57 heavy (non-hydrogen) atoms. The SMILES string of the molecule is c1ccc(-c2cc(-c3ccc(-n4c5ccccc5c5c6c(c7ccccc7n6-c6ccccc6)c6oc7ccccc7c6c54)cc3)nc(-c3ccccc3)n2)cc1. The molecular formula is C52H32N4O. The highest BCUT2D eigenvalue weighted by Gasteiger charge is 2.27. The van der Waals surface area contributed by atoms with Crippen LogP contribution in [0.3, 0.4) is 0 Å². The average Bonchev–Trinajstić information content (AvgIpc) is 3.95. The number of aromatic nitrogens is 4. The smallest absolute Gasteiger partial charge is 0.160 e. The second-order valence-corrected chi connectivity index (χ2v) is 14.5. The van der Waals surface area contributed by atoms with Crippen LogP contribution in [0.1, 0.15) is 0 Å². The van der Waals surface area contributed by atoms with Gasteiger partial charge in [-0.3, -0.25) is 0 Å². The quantitative estimate of drug-likeness (QED) is 0.177. The zero-order valence-corrected chi connectivity index (χ0v) is 30.7. The average molecular weight is 729 g/mol. The van der Waals surface area contributed by atoms with E-state index in [2.05, 4.69) is 167 Å². The third-order valence-corrected chi connectivity index (χ3v) is 11.3. The fourth-order valence-corrected chi connectivity index (χ4v) is 8.84. The van der Waals surface area contributed by atoms with Crippen LogP contribution >= 0.6 is 0 Å². The molecule has 0 bridgehead atoms. The molecule has 5 heteroatoms. The summed E-state index contributed by atoms with van der Waals surface area (Å²) in [6.45, 7) is 0. The number of benzene rings is 8. The number of hydrogen-bond donors (Lipinski definition) is 0. The Balaban J connectivity index is 1.16. The van der Waals surface area contributed by atoms with Crippen molar-refractivity contribution in [2.24, 2.45) is 0 Å². The Morgan fingerprint density at radius 3 is 1.46 bits per heavy atom. The second kappa shape index (κ2) is 12.4. The second-order valence-electron chi connectivity index (χ2n) is 14.5. The predicted octanol–water partition coefficient (Wildman–Crippen LogP) is 13.6. The van der Waals surface area contributed by atoms with E-state index in [0.29, 0.717) is 5.82 Å². The lowest BCUT2D eigenvalue weighted by Gasteiger charge is -2.12. The molecule has 0 saturated heterocycles. The molecule has 266 valence electrons. The number of para-hydroxylation sites is 4. The summed E-state index contributed by atoms with van der Waals surface area (Å²) < 4.78 is 11.8. The van der Waals surface area contributed by atoms with E-state index in [-0.39, 0.29) is 0 Å². The highest BCUT2D eigenvalue weighted by atomic mass is 16.3. The van der Waals surface area contributed by atoms with E-state index in [9.17, 15) is 0 Å². The van der Waals surface area contributed by atoms with Crippen LogP contribution in [0.15, 0.2) is 199 Å². The molecule has 0 saturated carbocycles. The van der Waals surface area contributed by atoms with E-state index in [1.165, 1.54) is 10.8 Å². The molecule has 5 nitrogen and oxygen atoms in total. The normalized spacial score (nSPS) is 11.9. The summed E-state index contributed by atoms with van der Waals surface area (Å²) in [6, 6.07) is 68.1. The monoisotopic (exact) mass is 728 g/mol.